The van der Waals surface area contributed by atoms with Gasteiger partial charge in [0.05, 0.1) is 11.4 Å². The second-order valence-corrected chi connectivity index (χ2v) is 4.45. The molecule has 0 aliphatic heterocycles. The summed E-state index contributed by atoms with van der Waals surface area (Å²) in [4.78, 5) is 11.8. The van der Waals surface area contributed by atoms with Gasteiger partial charge in [-0.3, -0.25) is 4.79 Å². The molecule has 6 heteroatoms. The highest BCUT2D eigenvalue weighted by Gasteiger charge is 2.09. The minimum absolute atomic E-state index is 0.0711. The van der Waals surface area contributed by atoms with E-state index in [2.05, 4.69) is 5.32 Å². The summed E-state index contributed by atoms with van der Waals surface area (Å²) >= 11 is 0. The molecule has 0 aliphatic rings. The van der Waals surface area contributed by atoms with Crippen molar-refractivity contribution in [2.75, 3.05) is 17.7 Å². The van der Waals surface area contributed by atoms with Crippen molar-refractivity contribution in [3.8, 4) is 5.75 Å². The Morgan fingerprint density at radius 3 is 2.67 bits per heavy atom. The molecule has 1 amide bonds. The van der Waals surface area contributed by atoms with Crippen molar-refractivity contribution in [1.29, 1.82) is 0 Å². The van der Waals surface area contributed by atoms with E-state index < -0.39 is 17.5 Å². The summed E-state index contributed by atoms with van der Waals surface area (Å²) in [5, 5.41) is 2.62. The van der Waals surface area contributed by atoms with Crippen molar-refractivity contribution in [3.05, 3.63) is 53.6 Å². The predicted molar refractivity (Wildman–Crippen MR) is 76.1 cm³/mol. The van der Waals surface area contributed by atoms with Crippen molar-refractivity contribution in [2.45, 2.75) is 6.92 Å². The van der Waals surface area contributed by atoms with Crippen LogP contribution in [0.25, 0.3) is 0 Å². The average Bonchev–Trinajstić information content (AvgIpc) is 2.44. The normalized spacial score (nSPS) is 10.2. The quantitative estimate of drug-likeness (QED) is 0.852. The molecule has 0 unspecified atom stereocenters. The second kappa shape index (κ2) is 6.21. The van der Waals surface area contributed by atoms with Crippen molar-refractivity contribution in [2.24, 2.45) is 0 Å². The largest absolute Gasteiger partial charge is 0.484 e. The van der Waals surface area contributed by atoms with E-state index in [0.717, 1.165) is 17.7 Å². The van der Waals surface area contributed by atoms with E-state index in [9.17, 15) is 13.6 Å². The van der Waals surface area contributed by atoms with E-state index in [-0.39, 0.29) is 12.4 Å². The van der Waals surface area contributed by atoms with Crippen LogP contribution in [-0.4, -0.2) is 12.5 Å². The molecule has 0 fully saturated rings. The van der Waals surface area contributed by atoms with Crippen molar-refractivity contribution >= 4 is 17.3 Å². The summed E-state index contributed by atoms with van der Waals surface area (Å²) in [6.45, 7) is 1.47. The fourth-order valence-corrected chi connectivity index (χ4v) is 1.75. The molecule has 4 nitrogen and oxygen atoms in total. The number of para-hydroxylation sites is 1. The number of carbonyl (C=O) groups is 1. The third-order valence-electron chi connectivity index (χ3n) is 2.83. The van der Waals surface area contributed by atoms with E-state index in [1.807, 2.05) is 13.0 Å². The molecule has 0 radical (unpaired) electrons. The van der Waals surface area contributed by atoms with Crippen LogP contribution in [0.2, 0.25) is 0 Å². The zero-order valence-electron chi connectivity index (χ0n) is 11.3. The predicted octanol–water partition coefficient (Wildman–Crippen LogP) is 2.87. The molecule has 0 aromatic heterocycles. The first-order valence-electron chi connectivity index (χ1n) is 6.20. The molecule has 2 aromatic carbocycles. The van der Waals surface area contributed by atoms with Gasteiger partial charge in [0.1, 0.15) is 5.75 Å². The Bertz CT molecular complexity index is 654. The summed E-state index contributed by atoms with van der Waals surface area (Å²) < 4.78 is 30.8. The maximum Gasteiger partial charge on any atom is 0.262 e. The molecule has 0 bridgehead atoms. The first-order valence-corrected chi connectivity index (χ1v) is 6.20. The molecule has 0 aliphatic carbocycles. The molecule has 0 atom stereocenters. The van der Waals surface area contributed by atoms with Crippen molar-refractivity contribution in [3.63, 3.8) is 0 Å². The summed E-state index contributed by atoms with van der Waals surface area (Å²) in [5.74, 6) is -2.38. The lowest BCUT2D eigenvalue weighted by molar-refractivity contribution is -0.118. The first kappa shape index (κ1) is 14.8. The molecular formula is C15H14F2N2O2. The number of rotatable bonds is 4. The Morgan fingerprint density at radius 1 is 1.24 bits per heavy atom. The van der Waals surface area contributed by atoms with Crippen LogP contribution in [0.15, 0.2) is 36.4 Å². The summed E-state index contributed by atoms with van der Waals surface area (Å²) in [5.41, 5.74) is 7.53. The Morgan fingerprint density at radius 2 is 2.00 bits per heavy atom. The summed E-state index contributed by atoms with van der Waals surface area (Å²) in [7, 11) is 0. The number of carbonyl (C=O) groups excluding carboxylic acids is 1. The number of nitrogen functional groups attached to an aromatic ring is 1. The molecule has 0 saturated heterocycles. The maximum absolute atomic E-state index is 13.0. The smallest absolute Gasteiger partial charge is 0.262 e. The highest BCUT2D eigenvalue weighted by molar-refractivity contribution is 5.95. The van der Waals surface area contributed by atoms with E-state index in [1.54, 1.807) is 12.1 Å². The van der Waals surface area contributed by atoms with Gasteiger partial charge in [0.25, 0.3) is 5.91 Å². The third-order valence-corrected chi connectivity index (χ3v) is 2.83. The third kappa shape index (κ3) is 3.68. The van der Waals surface area contributed by atoms with Gasteiger partial charge in [-0.25, -0.2) is 8.78 Å². The number of anilines is 2. The van der Waals surface area contributed by atoms with Gasteiger partial charge in [-0.1, -0.05) is 12.1 Å². The Labute approximate surface area is 120 Å². The van der Waals surface area contributed by atoms with Crippen LogP contribution in [0.4, 0.5) is 20.2 Å². The number of nitrogens with two attached hydrogens (primary N) is 1. The molecule has 2 rings (SSSR count). The molecule has 21 heavy (non-hydrogen) atoms. The van der Waals surface area contributed by atoms with Crippen molar-refractivity contribution in [1.82, 2.24) is 0 Å². The van der Waals surface area contributed by atoms with Gasteiger partial charge >= 0.3 is 0 Å². The van der Waals surface area contributed by atoms with E-state index in [0.29, 0.717) is 11.4 Å². The van der Waals surface area contributed by atoms with Crippen LogP contribution in [-0.2, 0) is 4.79 Å². The topological polar surface area (TPSA) is 64.3 Å². The SMILES string of the molecule is Cc1cccc(N)c1NC(=O)COc1ccc(F)c(F)c1. The Hall–Kier alpha value is -2.63. The van der Waals surface area contributed by atoms with E-state index >= 15 is 0 Å². The lowest BCUT2D eigenvalue weighted by atomic mass is 10.1. The van der Waals surface area contributed by atoms with Crippen LogP contribution in [0.3, 0.4) is 0 Å². The number of benzene rings is 2. The first-order chi connectivity index (χ1) is 9.97. The highest BCUT2D eigenvalue weighted by atomic mass is 19.2. The van der Waals surface area contributed by atoms with Gasteiger partial charge < -0.3 is 15.8 Å². The molecule has 3 N–H and O–H groups in total. The minimum Gasteiger partial charge on any atom is -0.484 e. The number of ether oxygens (including phenoxy) is 1. The zero-order valence-corrected chi connectivity index (χ0v) is 11.3. The standard InChI is InChI=1S/C15H14F2N2O2/c1-9-3-2-4-13(18)15(9)19-14(20)8-21-10-5-6-11(16)12(17)7-10/h2-7H,8,18H2,1H3,(H,19,20). The number of amides is 1. The minimum atomic E-state index is -1.03. The highest BCUT2D eigenvalue weighted by Crippen LogP contribution is 2.22. The molecule has 0 saturated carbocycles. The number of hydrogen-bond donors (Lipinski definition) is 2. The average molecular weight is 292 g/mol. The Kier molecular flexibility index (Phi) is 4.37. The van der Waals surface area contributed by atoms with Gasteiger partial charge in [0.2, 0.25) is 0 Å². The van der Waals surface area contributed by atoms with E-state index in [1.165, 1.54) is 6.07 Å². The number of nitrogens with one attached hydrogen (secondary N) is 1. The number of hydrogen-bond acceptors (Lipinski definition) is 3. The lowest BCUT2D eigenvalue weighted by Gasteiger charge is -2.11. The van der Waals surface area contributed by atoms with Crippen LogP contribution >= 0.6 is 0 Å². The second-order valence-electron chi connectivity index (χ2n) is 4.45. The zero-order chi connectivity index (χ0) is 15.4. The van der Waals surface area contributed by atoms with Gasteiger partial charge in [-0.05, 0) is 30.7 Å². The van der Waals surface area contributed by atoms with Crippen molar-refractivity contribution < 1.29 is 18.3 Å². The maximum atomic E-state index is 13.0. The summed E-state index contributed by atoms with van der Waals surface area (Å²) in [6.07, 6.45) is 0. The van der Waals surface area contributed by atoms with Crippen LogP contribution in [0, 0.1) is 18.6 Å². The summed E-state index contributed by atoms with van der Waals surface area (Å²) in [6, 6.07) is 8.31. The molecular weight excluding hydrogens is 278 g/mol. The fraction of sp³-hybridized carbons (Fsp3) is 0.133. The molecule has 110 valence electrons. The van der Waals surface area contributed by atoms with Gasteiger partial charge in [0, 0.05) is 6.07 Å². The Balaban J connectivity index is 1.97. The van der Waals surface area contributed by atoms with Gasteiger partial charge in [-0.15, -0.1) is 0 Å². The monoisotopic (exact) mass is 292 g/mol. The fourth-order valence-electron chi connectivity index (χ4n) is 1.75. The van der Waals surface area contributed by atoms with Crippen LogP contribution < -0.4 is 15.8 Å². The molecule has 2 aromatic rings. The van der Waals surface area contributed by atoms with E-state index in [4.69, 9.17) is 10.5 Å². The number of halogens is 2. The molecule has 0 heterocycles. The van der Waals surface area contributed by atoms with Gasteiger partial charge in [-0.2, -0.15) is 0 Å². The van der Waals surface area contributed by atoms with Gasteiger partial charge in [0.15, 0.2) is 18.2 Å². The number of aryl methyl sites for hydroxylation is 1. The van der Waals surface area contributed by atoms with Crippen LogP contribution in [0.1, 0.15) is 5.56 Å². The lowest BCUT2D eigenvalue weighted by Crippen LogP contribution is -2.21. The molecule has 0 spiro atoms. The van der Waals surface area contributed by atoms with Crippen LogP contribution in [0.5, 0.6) is 5.75 Å².